The first-order valence-corrected chi connectivity index (χ1v) is 10.1. The number of allylic oxidation sites excluding steroid dienone is 1. The van der Waals surface area contributed by atoms with Crippen LogP contribution in [0.5, 0.6) is 0 Å². The molecule has 0 saturated carbocycles. The number of rotatable bonds is 1. The van der Waals surface area contributed by atoms with E-state index in [4.69, 9.17) is 5.73 Å². The van der Waals surface area contributed by atoms with Crippen LogP contribution < -0.4 is 16.0 Å². The van der Waals surface area contributed by atoms with Crippen LogP contribution in [0.25, 0.3) is 0 Å². The van der Waals surface area contributed by atoms with Crippen LogP contribution in [-0.4, -0.2) is 11.7 Å². The average Bonchev–Trinajstić information content (AvgIpc) is 3.01. The molecule has 6 nitrogen and oxygen atoms in total. The summed E-state index contributed by atoms with van der Waals surface area (Å²) < 4.78 is 14.3. The molecule has 31 heavy (non-hydrogen) atoms. The fourth-order valence-corrected chi connectivity index (χ4v) is 5.05. The van der Waals surface area contributed by atoms with Crippen LogP contribution in [0.1, 0.15) is 30.4 Å². The first-order valence-electron chi connectivity index (χ1n) is 10.1. The molecule has 2 aliphatic heterocycles. The number of aryl methyl sites for hydroxylation is 1. The zero-order valence-corrected chi connectivity index (χ0v) is 16.8. The van der Waals surface area contributed by atoms with Gasteiger partial charge in [-0.3, -0.25) is 14.5 Å². The number of fused-ring (bicyclic) bond motifs is 3. The monoisotopic (exact) mass is 414 g/mol. The second-order valence-electron chi connectivity index (χ2n) is 7.99. The van der Waals surface area contributed by atoms with Gasteiger partial charge in [0.1, 0.15) is 23.1 Å². The topological polar surface area (TPSA) is 99.2 Å². The molecule has 2 heterocycles. The smallest absolute Gasteiger partial charge is 0.245 e. The highest BCUT2D eigenvalue weighted by atomic mass is 19.1. The first kappa shape index (κ1) is 19.1. The lowest BCUT2D eigenvalue weighted by atomic mass is 9.64. The Labute approximate surface area is 178 Å². The third kappa shape index (κ3) is 2.36. The molecule has 2 aromatic rings. The Hall–Kier alpha value is -3.92. The molecule has 5 rings (SSSR count). The normalized spacial score (nSPS) is 22.4. The Morgan fingerprint density at radius 1 is 1.19 bits per heavy atom. The van der Waals surface area contributed by atoms with Crippen molar-refractivity contribution in [1.29, 1.82) is 5.26 Å². The van der Waals surface area contributed by atoms with Crippen LogP contribution in [0.4, 0.5) is 15.8 Å². The van der Waals surface area contributed by atoms with E-state index < -0.39 is 17.1 Å². The van der Waals surface area contributed by atoms with Gasteiger partial charge >= 0.3 is 0 Å². The number of nitrogens with zero attached hydrogens (tertiary/aromatic N) is 2. The van der Waals surface area contributed by atoms with E-state index in [1.165, 1.54) is 18.2 Å². The zero-order valence-electron chi connectivity index (χ0n) is 16.8. The lowest BCUT2D eigenvalue weighted by Crippen LogP contribution is -2.50. The van der Waals surface area contributed by atoms with Gasteiger partial charge in [0.15, 0.2) is 5.78 Å². The van der Waals surface area contributed by atoms with Crippen molar-refractivity contribution in [3.63, 3.8) is 0 Å². The Balaban J connectivity index is 1.91. The third-order valence-electron chi connectivity index (χ3n) is 6.34. The average molecular weight is 414 g/mol. The number of anilines is 2. The fraction of sp³-hybridized carbons (Fsp3) is 0.208. The molecule has 0 radical (unpaired) electrons. The van der Waals surface area contributed by atoms with Gasteiger partial charge in [-0.05, 0) is 49.6 Å². The van der Waals surface area contributed by atoms with Gasteiger partial charge in [-0.2, -0.15) is 5.26 Å². The Morgan fingerprint density at radius 2 is 1.97 bits per heavy atom. The van der Waals surface area contributed by atoms with Gasteiger partial charge in [-0.1, -0.05) is 18.2 Å². The maximum Gasteiger partial charge on any atom is 0.245 e. The molecule has 0 unspecified atom stereocenters. The number of carbonyl (C=O) groups excluding carboxylic acids is 2. The van der Waals surface area contributed by atoms with Crippen molar-refractivity contribution in [2.24, 2.45) is 5.73 Å². The van der Waals surface area contributed by atoms with Crippen LogP contribution in [0.3, 0.4) is 0 Å². The molecule has 1 atom stereocenters. The van der Waals surface area contributed by atoms with Gasteiger partial charge in [-0.25, -0.2) is 4.39 Å². The molecule has 1 spiro atoms. The van der Waals surface area contributed by atoms with Crippen molar-refractivity contribution >= 4 is 23.1 Å². The molecule has 0 aromatic heterocycles. The van der Waals surface area contributed by atoms with E-state index in [1.54, 1.807) is 4.90 Å². The number of nitriles is 1. The van der Waals surface area contributed by atoms with Gasteiger partial charge in [-0.15, -0.1) is 0 Å². The van der Waals surface area contributed by atoms with Gasteiger partial charge in [0.2, 0.25) is 5.91 Å². The molecule has 0 bridgehead atoms. The quantitative estimate of drug-likeness (QED) is 0.744. The van der Waals surface area contributed by atoms with Crippen molar-refractivity contribution in [2.75, 3.05) is 10.2 Å². The summed E-state index contributed by atoms with van der Waals surface area (Å²) in [5.41, 5.74) is 7.84. The predicted octanol–water partition coefficient (Wildman–Crippen LogP) is 3.55. The lowest BCUT2D eigenvalue weighted by Gasteiger charge is -2.43. The SMILES string of the molecule is Cc1ccccc1N1C(N)=C(C#N)[C@@]2(C(=O)Nc3ccc(F)cc32)C2=C1CCCC2=O. The molecule has 154 valence electrons. The number of hydrogen-bond acceptors (Lipinski definition) is 5. The van der Waals surface area contributed by atoms with E-state index in [0.717, 1.165) is 11.3 Å². The number of Topliss-reactive ketones (excluding diaryl/α,β-unsaturated/α-hetero) is 1. The summed E-state index contributed by atoms with van der Waals surface area (Å²) in [7, 11) is 0. The molecule has 7 heteroatoms. The highest BCUT2D eigenvalue weighted by molar-refractivity contribution is 6.19. The highest BCUT2D eigenvalue weighted by Gasteiger charge is 2.60. The number of ketones is 1. The molecule has 0 fully saturated rings. The van der Waals surface area contributed by atoms with Gasteiger partial charge in [0.05, 0.1) is 11.3 Å². The third-order valence-corrected chi connectivity index (χ3v) is 6.34. The lowest BCUT2D eigenvalue weighted by molar-refractivity contribution is -0.122. The van der Waals surface area contributed by atoms with E-state index in [9.17, 15) is 19.2 Å². The minimum atomic E-state index is -1.75. The van der Waals surface area contributed by atoms with Gasteiger partial charge in [0.25, 0.3) is 0 Å². The van der Waals surface area contributed by atoms with Crippen molar-refractivity contribution in [1.82, 2.24) is 0 Å². The van der Waals surface area contributed by atoms with Crippen molar-refractivity contribution < 1.29 is 14.0 Å². The number of para-hydroxylation sites is 1. The molecule has 3 aliphatic rings. The van der Waals surface area contributed by atoms with E-state index in [1.807, 2.05) is 31.2 Å². The zero-order chi connectivity index (χ0) is 21.9. The number of nitrogens with one attached hydrogen (secondary N) is 1. The van der Waals surface area contributed by atoms with Crippen LogP contribution in [0.2, 0.25) is 0 Å². The van der Waals surface area contributed by atoms with Crippen LogP contribution in [-0.2, 0) is 15.0 Å². The summed E-state index contributed by atoms with van der Waals surface area (Å²) in [6.45, 7) is 1.91. The van der Waals surface area contributed by atoms with Gasteiger partial charge < -0.3 is 11.1 Å². The maximum absolute atomic E-state index is 14.3. The van der Waals surface area contributed by atoms with Crippen molar-refractivity contribution in [2.45, 2.75) is 31.6 Å². The summed E-state index contributed by atoms with van der Waals surface area (Å²) in [4.78, 5) is 28.5. The first-order chi connectivity index (χ1) is 14.9. The van der Waals surface area contributed by atoms with E-state index in [-0.39, 0.29) is 34.7 Å². The minimum Gasteiger partial charge on any atom is -0.384 e. The van der Waals surface area contributed by atoms with Crippen molar-refractivity contribution in [3.8, 4) is 6.07 Å². The molecule has 0 saturated heterocycles. The molecule has 1 amide bonds. The van der Waals surface area contributed by atoms with Crippen LogP contribution >= 0.6 is 0 Å². The molecule has 3 N–H and O–H groups in total. The van der Waals surface area contributed by atoms with E-state index in [2.05, 4.69) is 11.4 Å². The molecule has 2 aromatic carbocycles. The molecule has 1 aliphatic carbocycles. The number of nitrogens with two attached hydrogens (primary N) is 1. The number of hydrogen-bond donors (Lipinski definition) is 2. The number of carbonyl (C=O) groups is 2. The Morgan fingerprint density at radius 3 is 2.71 bits per heavy atom. The minimum absolute atomic E-state index is 0.0633. The summed E-state index contributed by atoms with van der Waals surface area (Å²) in [6, 6.07) is 13.5. The largest absolute Gasteiger partial charge is 0.384 e. The van der Waals surface area contributed by atoms with Crippen molar-refractivity contribution in [3.05, 3.63) is 82.1 Å². The van der Waals surface area contributed by atoms with Crippen LogP contribution in [0.15, 0.2) is 65.1 Å². The fourth-order valence-electron chi connectivity index (χ4n) is 5.05. The molecular formula is C24H19FN4O2. The summed E-state index contributed by atoms with van der Waals surface area (Å²) in [6.07, 6.45) is 1.36. The van der Waals surface area contributed by atoms with Gasteiger partial charge in [0, 0.05) is 28.9 Å². The second kappa shape index (κ2) is 6.54. The number of amides is 1. The van der Waals surface area contributed by atoms with E-state index in [0.29, 0.717) is 24.2 Å². The Bertz CT molecular complexity index is 1290. The summed E-state index contributed by atoms with van der Waals surface area (Å²) in [5, 5.41) is 12.9. The predicted molar refractivity (Wildman–Crippen MR) is 113 cm³/mol. The van der Waals surface area contributed by atoms with E-state index >= 15 is 0 Å². The summed E-state index contributed by atoms with van der Waals surface area (Å²) in [5.74, 6) is -1.26. The highest BCUT2D eigenvalue weighted by Crippen LogP contribution is 2.55. The summed E-state index contributed by atoms with van der Waals surface area (Å²) >= 11 is 0. The Kier molecular flexibility index (Phi) is 4.02. The molecular weight excluding hydrogens is 395 g/mol. The standard InChI is InChI=1S/C24H19FN4O2/c1-13-5-2-3-6-18(13)29-19-7-4-8-20(30)21(19)24(16(12-26)22(29)27)15-11-14(25)9-10-17(15)28-23(24)31/h2-3,5-6,9-11H,4,7-8,27H2,1H3,(H,28,31)/t24-/m1/s1. The number of halogens is 1. The number of benzene rings is 2. The van der Waals surface area contributed by atoms with Crippen LogP contribution in [0, 0.1) is 24.1 Å². The second-order valence-corrected chi connectivity index (χ2v) is 7.99. The maximum atomic E-state index is 14.3.